The zero-order valence-corrected chi connectivity index (χ0v) is 10.0. The lowest BCUT2D eigenvalue weighted by Gasteiger charge is -2.07. The lowest BCUT2D eigenvalue weighted by atomic mass is 10.3. The molecule has 0 bridgehead atoms. The van der Waals surface area contributed by atoms with Crippen LogP contribution in [-0.2, 0) is 4.79 Å². The number of hydrogen-bond donors (Lipinski definition) is 3. The van der Waals surface area contributed by atoms with Crippen molar-refractivity contribution in [3.05, 3.63) is 0 Å². The van der Waals surface area contributed by atoms with Gasteiger partial charge >= 0.3 is 0 Å². The fourth-order valence-electron chi connectivity index (χ4n) is 0.885. The highest BCUT2D eigenvalue weighted by molar-refractivity contribution is 8.12. The van der Waals surface area contributed by atoms with E-state index in [1.807, 2.05) is 0 Å². The fraction of sp³-hybridized carbons (Fsp3) is 0.778. The molecule has 0 aliphatic rings. The van der Waals surface area contributed by atoms with Crippen molar-refractivity contribution in [1.82, 2.24) is 10.6 Å². The number of hydrogen-bond acceptors (Lipinski definition) is 4. The van der Waals surface area contributed by atoms with Crippen LogP contribution in [0.25, 0.3) is 0 Å². The van der Waals surface area contributed by atoms with E-state index < -0.39 is 6.04 Å². The van der Waals surface area contributed by atoms with Gasteiger partial charge in [0.05, 0.1) is 6.04 Å². The van der Waals surface area contributed by atoms with Crippen LogP contribution in [0, 0.1) is 0 Å². The minimum Gasteiger partial charge on any atom is -0.355 e. The van der Waals surface area contributed by atoms with E-state index in [9.17, 15) is 9.59 Å². The summed E-state index contributed by atoms with van der Waals surface area (Å²) in [5.41, 5.74) is 5.36. The molecule has 0 fully saturated rings. The van der Waals surface area contributed by atoms with Crippen molar-refractivity contribution in [3.8, 4) is 0 Å². The zero-order valence-electron chi connectivity index (χ0n) is 9.21. The summed E-state index contributed by atoms with van der Waals surface area (Å²) in [4.78, 5) is 21.8. The molecule has 5 nitrogen and oxygen atoms in total. The van der Waals surface area contributed by atoms with E-state index in [1.165, 1.54) is 0 Å². The standard InChI is InChI=1S/C9H19N3O2S/c1-7(10)8(13)11-5-3-4-6-12-9(14)15-2/h7H,3-6,10H2,1-2H3,(H,11,13)(H,12,14)/t7-/m0/s1. The molecule has 0 aliphatic carbocycles. The van der Waals surface area contributed by atoms with Gasteiger partial charge in [0.2, 0.25) is 5.91 Å². The number of rotatable bonds is 6. The molecular formula is C9H19N3O2S. The van der Waals surface area contributed by atoms with Gasteiger partial charge in [-0.1, -0.05) is 11.8 Å². The topological polar surface area (TPSA) is 84.2 Å². The first-order valence-corrected chi connectivity index (χ1v) is 6.15. The monoisotopic (exact) mass is 233 g/mol. The summed E-state index contributed by atoms with van der Waals surface area (Å²) in [7, 11) is 0. The Kier molecular flexibility index (Phi) is 8.12. The third kappa shape index (κ3) is 8.26. The first-order valence-electron chi connectivity index (χ1n) is 4.93. The Morgan fingerprint density at radius 1 is 1.27 bits per heavy atom. The highest BCUT2D eigenvalue weighted by atomic mass is 32.2. The fourth-order valence-corrected chi connectivity index (χ4v) is 1.13. The maximum absolute atomic E-state index is 11.0. The Morgan fingerprint density at radius 3 is 2.27 bits per heavy atom. The molecule has 0 rings (SSSR count). The average molecular weight is 233 g/mol. The van der Waals surface area contributed by atoms with Crippen LogP contribution in [0.5, 0.6) is 0 Å². The van der Waals surface area contributed by atoms with Crippen LogP contribution in [0.4, 0.5) is 4.79 Å². The molecule has 0 radical (unpaired) electrons. The largest absolute Gasteiger partial charge is 0.355 e. The van der Waals surface area contributed by atoms with E-state index in [2.05, 4.69) is 10.6 Å². The van der Waals surface area contributed by atoms with Crippen molar-refractivity contribution in [2.24, 2.45) is 5.73 Å². The van der Waals surface area contributed by atoms with Crippen LogP contribution in [-0.4, -0.2) is 36.5 Å². The van der Waals surface area contributed by atoms with Crippen LogP contribution < -0.4 is 16.4 Å². The third-order valence-corrected chi connectivity index (χ3v) is 2.29. The smallest absolute Gasteiger partial charge is 0.278 e. The first kappa shape index (κ1) is 14.2. The highest BCUT2D eigenvalue weighted by Gasteiger charge is 2.04. The first-order chi connectivity index (χ1) is 7.07. The zero-order chi connectivity index (χ0) is 11.7. The lowest BCUT2D eigenvalue weighted by Crippen LogP contribution is -2.38. The normalized spacial score (nSPS) is 11.9. The molecule has 1 atom stereocenters. The summed E-state index contributed by atoms with van der Waals surface area (Å²) in [6, 6.07) is -0.457. The Bertz CT molecular complexity index is 210. The molecule has 0 saturated carbocycles. The summed E-state index contributed by atoms with van der Waals surface area (Å²) in [6.45, 7) is 2.90. The number of nitrogens with one attached hydrogen (secondary N) is 2. The molecule has 0 aromatic rings. The highest BCUT2D eigenvalue weighted by Crippen LogP contribution is 1.93. The maximum atomic E-state index is 11.0. The van der Waals surface area contributed by atoms with Gasteiger partial charge < -0.3 is 16.4 Å². The summed E-state index contributed by atoms with van der Waals surface area (Å²) in [5, 5.41) is 5.41. The molecule has 0 saturated heterocycles. The van der Waals surface area contributed by atoms with E-state index in [0.29, 0.717) is 13.1 Å². The van der Waals surface area contributed by atoms with Gasteiger partial charge in [-0.25, -0.2) is 0 Å². The van der Waals surface area contributed by atoms with Gasteiger partial charge in [-0.2, -0.15) is 0 Å². The van der Waals surface area contributed by atoms with Gasteiger partial charge in [-0.15, -0.1) is 0 Å². The number of carbonyl (C=O) groups excluding carboxylic acids is 2. The minimum absolute atomic E-state index is 0.0189. The Morgan fingerprint density at radius 2 is 1.80 bits per heavy atom. The van der Waals surface area contributed by atoms with Gasteiger partial charge in [0, 0.05) is 13.1 Å². The number of carbonyl (C=O) groups is 2. The van der Waals surface area contributed by atoms with Crippen molar-refractivity contribution in [2.45, 2.75) is 25.8 Å². The van der Waals surface area contributed by atoms with E-state index in [-0.39, 0.29) is 11.1 Å². The van der Waals surface area contributed by atoms with Gasteiger partial charge in [0.15, 0.2) is 0 Å². The minimum atomic E-state index is -0.457. The van der Waals surface area contributed by atoms with Crippen LogP contribution in [0.1, 0.15) is 19.8 Å². The molecule has 6 heteroatoms. The van der Waals surface area contributed by atoms with E-state index in [4.69, 9.17) is 5.73 Å². The van der Waals surface area contributed by atoms with Crippen molar-refractivity contribution < 1.29 is 9.59 Å². The number of unbranched alkanes of at least 4 members (excludes halogenated alkanes) is 1. The van der Waals surface area contributed by atoms with Crippen LogP contribution in [0.2, 0.25) is 0 Å². The molecule has 0 spiro atoms. The lowest BCUT2D eigenvalue weighted by molar-refractivity contribution is -0.121. The molecule has 4 N–H and O–H groups in total. The van der Waals surface area contributed by atoms with Gasteiger partial charge in [-0.3, -0.25) is 9.59 Å². The van der Waals surface area contributed by atoms with E-state index in [1.54, 1.807) is 13.2 Å². The molecular weight excluding hydrogens is 214 g/mol. The SMILES string of the molecule is CSC(=O)NCCCCNC(=O)[C@H](C)N. The van der Waals surface area contributed by atoms with Gasteiger partial charge in [0.25, 0.3) is 5.24 Å². The van der Waals surface area contributed by atoms with Crippen LogP contribution in [0.15, 0.2) is 0 Å². The summed E-state index contributed by atoms with van der Waals surface area (Å²) in [5.74, 6) is -0.136. The molecule has 88 valence electrons. The van der Waals surface area contributed by atoms with Crippen molar-refractivity contribution >= 4 is 22.9 Å². The van der Waals surface area contributed by atoms with Crippen molar-refractivity contribution in [1.29, 1.82) is 0 Å². The molecule has 0 aromatic heterocycles. The molecule has 2 amide bonds. The van der Waals surface area contributed by atoms with Crippen molar-refractivity contribution in [3.63, 3.8) is 0 Å². The quantitative estimate of drug-likeness (QED) is 0.576. The number of amides is 2. The van der Waals surface area contributed by atoms with E-state index in [0.717, 1.165) is 24.6 Å². The average Bonchev–Trinajstić information content (AvgIpc) is 2.22. The van der Waals surface area contributed by atoms with Crippen molar-refractivity contribution in [2.75, 3.05) is 19.3 Å². The number of thioether (sulfide) groups is 1. The Labute approximate surface area is 94.5 Å². The second-order valence-electron chi connectivity index (χ2n) is 3.21. The summed E-state index contributed by atoms with van der Waals surface area (Å²) < 4.78 is 0. The van der Waals surface area contributed by atoms with Crippen LogP contribution in [0.3, 0.4) is 0 Å². The predicted octanol–water partition coefficient (Wildman–Crippen LogP) is 0.303. The van der Waals surface area contributed by atoms with Gasteiger partial charge in [0.1, 0.15) is 0 Å². The van der Waals surface area contributed by atoms with E-state index >= 15 is 0 Å². The molecule has 15 heavy (non-hydrogen) atoms. The summed E-state index contributed by atoms with van der Waals surface area (Å²) >= 11 is 1.16. The number of nitrogens with two attached hydrogens (primary N) is 1. The molecule has 0 aromatic carbocycles. The second kappa shape index (κ2) is 8.55. The van der Waals surface area contributed by atoms with Gasteiger partial charge in [-0.05, 0) is 26.0 Å². The molecule has 0 heterocycles. The Balaban J connectivity index is 3.25. The maximum Gasteiger partial charge on any atom is 0.278 e. The Hall–Kier alpha value is -0.750. The van der Waals surface area contributed by atoms with Crippen LogP contribution >= 0.6 is 11.8 Å². The molecule has 0 aliphatic heterocycles. The summed E-state index contributed by atoms with van der Waals surface area (Å²) in [6.07, 6.45) is 3.43. The second-order valence-corrected chi connectivity index (χ2v) is 3.98. The predicted molar refractivity (Wildman–Crippen MR) is 62.8 cm³/mol. The third-order valence-electron chi connectivity index (χ3n) is 1.77. The molecule has 0 unspecified atom stereocenters.